The number of H-pyrrole nitrogens is 1. The maximum Gasteiger partial charge on any atom is 0.108 e. The number of imidazole rings is 1. The molecule has 1 rings (SSSR count). The monoisotopic (exact) mass is 209 g/mol. The zero-order valence-electron chi connectivity index (χ0n) is 10.5. The van der Waals surface area contributed by atoms with Crippen molar-refractivity contribution in [3.63, 3.8) is 0 Å². The summed E-state index contributed by atoms with van der Waals surface area (Å²) in [5, 5.41) is 0. The van der Waals surface area contributed by atoms with Gasteiger partial charge in [-0.05, 0) is 33.1 Å². The molecule has 0 fully saturated rings. The number of nitrogens with zero attached hydrogens (tertiary/aromatic N) is 1. The van der Waals surface area contributed by atoms with Crippen molar-refractivity contribution in [1.82, 2.24) is 9.97 Å². The molecular formula is C12H23N3. The van der Waals surface area contributed by atoms with Crippen molar-refractivity contribution in [3.8, 4) is 0 Å². The van der Waals surface area contributed by atoms with Gasteiger partial charge in [0.15, 0.2) is 0 Å². The molecule has 0 saturated heterocycles. The molecule has 1 heterocycles. The second-order valence-corrected chi connectivity index (χ2v) is 5.52. The molecule has 0 aliphatic rings. The van der Waals surface area contributed by atoms with Gasteiger partial charge in [0, 0.05) is 17.7 Å². The summed E-state index contributed by atoms with van der Waals surface area (Å²) >= 11 is 0. The number of aromatic amines is 1. The normalized spacial score (nSPS) is 12.5. The highest BCUT2D eigenvalue weighted by atomic mass is 14.9. The van der Waals surface area contributed by atoms with Crippen molar-refractivity contribution in [2.45, 2.75) is 53.0 Å². The Labute approximate surface area is 92.5 Å². The Bertz CT molecular complexity index is 318. The summed E-state index contributed by atoms with van der Waals surface area (Å²) in [6.45, 7) is 10.5. The number of aromatic nitrogens is 2. The first-order valence-corrected chi connectivity index (χ1v) is 5.61. The zero-order chi connectivity index (χ0) is 11.6. The van der Waals surface area contributed by atoms with Gasteiger partial charge in [0.2, 0.25) is 0 Å². The molecule has 15 heavy (non-hydrogen) atoms. The first kappa shape index (κ1) is 12.2. The third-order valence-corrected chi connectivity index (χ3v) is 2.26. The molecule has 0 bridgehead atoms. The van der Waals surface area contributed by atoms with E-state index in [-0.39, 0.29) is 5.54 Å². The standard InChI is InChI=1S/C12H23N3/c1-8(2)6-10-9(3)14-11(15-10)7-12(4,5)13/h8H,6-7,13H2,1-5H3,(H,14,15). The average molecular weight is 209 g/mol. The summed E-state index contributed by atoms with van der Waals surface area (Å²) in [6.07, 6.45) is 1.83. The molecule has 3 N–H and O–H groups in total. The lowest BCUT2D eigenvalue weighted by Gasteiger charge is -2.15. The fourth-order valence-electron chi connectivity index (χ4n) is 1.66. The van der Waals surface area contributed by atoms with Gasteiger partial charge >= 0.3 is 0 Å². The minimum absolute atomic E-state index is 0.195. The Morgan fingerprint density at radius 2 is 2.00 bits per heavy atom. The van der Waals surface area contributed by atoms with Crippen LogP contribution in [0.4, 0.5) is 0 Å². The SMILES string of the molecule is Cc1[nH]c(CC(C)(C)N)nc1CC(C)C. The highest BCUT2D eigenvalue weighted by Gasteiger charge is 2.16. The maximum absolute atomic E-state index is 5.97. The van der Waals surface area contributed by atoms with Crippen molar-refractivity contribution in [1.29, 1.82) is 0 Å². The van der Waals surface area contributed by atoms with E-state index in [1.165, 1.54) is 11.4 Å². The van der Waals surface area contributed by atoms with Crippen LogP contribution in [-0.2, 0) is 12.8 Å². The van der Waals surface area contributed by atoms with E-state index in [1.807, 2.05) is 13.8 Å². The molecule has 86 valence electrons. The van der Waals surface area contributed by atoms with Crippen LogP contribution >= 0.6 is 0 Å². The Hall–Kier alpha value is -0.830. The van der Waals surface area contributed by atoms with Gasteiger partial charge in [0.05, 0.1) is 5.69 Å². The number of hydrogen-bond donors (Lipinski definition) is 2. The van der Waals surface area contributed by atoms with E-state index in [4.69, 9.17) is 5.73 Å². The number of aryl methyl sites for hydroxylation is 1. The first-order chi connectivity index (χ1) is 6.78. The van der Waals surface area contributed by atoms with Gasteiger partial charge < -0.3 is 10.7 Å². The third-order valence-electron chi connectivity index (χ3n) is 2.26. The molecule has 0 saturated carbocycles. The predicted molar refractivity (Wildman–Crippen MR) is 63.8 cm³/mol. The number of nitrogens with one attached hydrogen (secondary N) is 1. The van der Waals surface area contributed by atoms with Crippen LogP contribution in [-0.4, -0.2) is 15.5 Å². The molecule has 0 unspecified atom stereocenters. The minimum Gasteiger partial charge on any atom is -0.346 e. The second kappa shape index (κ2) is 4.35. The minimum atomic E-state index is -0.195. The molecule has 0 amide bonds. The molecule has 0 aliphatic heterocycles. The fourth-order valence-corrected chi connectivity index (χ4v) is 1.66. The average Bonchev–Trinajstić information content (AvgIpc) is 2.26. The first-order valence-electron chi connectivity index (χ1n) is 5.61. The topological polar surface area (TPSA) is 54.7 Å². The van der Waals surface area contributed by atoms with Crippen molar-refractivity contribution in [3.05, 3.63) is 17.2 Å². The molecule has 1 aromatic rings. The van der Waals surface area contributed by atoms with Gasteiger partial charge in [-0.2, -0.15) is 0 Å². The van der Waals surface area contributed by atoms with Gasteiger partial charge in [-0.1, -0.05) is 13.8 Å². The highest BCUT2D eigenvalue weighted by Crippen LogP contribution is 2.13. The van der Waals surface area contributed by atoms with Crippen molar-refractivity contribution in [2.75, 3.05) is 0 Å². The highest BCUT2D eigenvalue weighted by molar-refractivity contribution is 5.14. The van der Waals surface area contributed by atoms with Crippen molar-refractivity contribution >= 4 is 0 Å². The van der Waals surface area contributed by atoms with Crippen LogP contribution in [0.2, 0.25) is 0 Å². The summed E-state index contributed by atoms with van der Waals surface area (Å²) in [7, 11) is 0. The van der Waals surface area contributed by atoms with Crippen LogP contribution in [0.25, 0.3) is 0 Å². The quantitative estimate of drug-likeness (QED) is 0.798. The van der Waals surface area contributed by atoms with Gasteiger partial charge in [-0.15, -0.1) is 0 Å². The molecule has 0 atom stereocenters. The zero-order valence-corrected chi connectivity index (χ0v) is 10.5. The fraction of sp³-hybridized carbons (Fsp3) is 0.750. The van der Waals surface area contributed by atoms with E-state index in [9.17, 15) is 0 Å². The maximum atomic E-state index is 5.97. The molecule has 3 nitrogen and oxygen atoms in total. The molecule has 0 aromatic carbocycles. The Morgan fingerprint density at radius 3 is 2.47 bits per heavy atom. The van der Waals surface area contributed by atoms with E-state index in [2.05, 4.69) is 30.7 Å². The largest absolute Gasteiger partial charge is 0.346 e. The summed E-state index contributed by atoms with van der Waals surface area (Å²) in [5.74, 6) is 1.65. The molecular weight excluding hydrogens is 186 g/mol. The molecule has 3 heteroatoms. The van der Waals surface area contributed by atoms with E-state index in [0.29, 0.717) is 5.92 Å². The van der Waals surface area contributed by atoms with Crippen LogP contribution < -0.4 is 5.73 Å². The lowest BCUT2D eigenvalue weighted by Crippen LogP contribution is -2.34. The van der Waals surface area contributed by atoms with E-state index < -0.39 is 0 Å². The van der Waals surface area contributed by atoms with Gasteiger partial charge in [-0.25, -0.2) is 4.98 Å². The summed E-state index contributed by atoms with van der Waals surface area (Å²) in [4.78, 5) is 7.92. The third kappa shape index (κ3) is 4.04. The van der Waals surface area contributed by atoms with Crippen LogP contribution in [0.5, 0.6) is 0 Å². The van der Waals surface area contributed by atoms with E-state index >= 15 is 0 Å². The van der Waals surface area contributed by atoms with Crippen LogP contribution in [0.15, 0.2) is 0 Å². The van der Waals surface area contributed by atoms with Gasteiger partial charge in [0.1, 0.15) is 5.82 Å². The van der Waals surface area contributed by atoms with Gasteiger partial charge in [0.25, 0.3) is 0 Å². The Kier molecular flexibility index (Phi) is 3.55. The van der Waals surface area contributed by atoms with Crippen LogP contribution in [0, 0.1) is 12.8 Å². The van der Waals surface area contributed by atoms with Gasteiger partial charge in [-0.3, -0.25) is 0 Å². The van der Waals surface area contributed by atoms with E-state index in [1.54, 1.807) is 0 Å². The number of nitrogens with two attached hydrogens (primary N) is 1. The number of rotatable bonds is 4. The molecule has 1 aromatic heterocycles. The van der Waals surface area contributed by atoms with Crippen molar-refractivity contribution < 1.29 is 0 Å². The predicted octanol–water partition coefficient (Wildman–Crippen LogP) is 2.20. The second-order valence-electron chi connectivity index (χ2n) is 5.52. The van der Waals surface area contributed by atoms with Crippen molar-refractivity contribution in [2.24, 2.45) is 11.7 Å². The summed E-state index contributed by atoms with van der Waals surface area (Å²) < 4.78 is 0. The lowest BCUT2D eigenvalue weighted by atomic mass is 10.0. The van der Waals surface area contributed by atoms with Crippen LogP contribution in [0.1, 0.15) is 44.9 Å². The van der Waals surface area contributed by atoms with Crippen LogP contribution in [0.3, 0.4) is 0 Å². The summed E-state index contributed by atoms with van der Waals surface area (Å²) in [6, 6.07) is 0. The lowest BCUT2D eigenvalue weighted by molar-refractivity contribution is 0.503. The summed E-state index contributed by atoms with van der Waals surface area (Å²) in [5.41, 5.74) is 8.14. The molecule has 0 aliphatic carbocycles. The van der Waals surface area contributed by atoms with E-state index in [0.717, 1.165) is 18.7 Å². The molecule has 0 spiro atoms. The molecule has 0 radical (unpaired) electrons. The smallest absolute Gasteiger partial charge is 0.108 e. The Morgan fingerprint density at radius 1 is 1.40 bits per heavy atom. The number of hydrogen-bond acceptors (Lipinski definition) is 2. The Balaban J connectivity index is 2.77.